The number of hydrogen-bond acceptors (Lipinski definition) is 3. The van der Waals surface area contributed by atoms with E-state index in [0.717, 1.165) is 21.9 Å². The van der Waals surface area contributed by atoms with Gasteiger partial charge in [-0.1, -0.05) is 41.9 Å². The van der Waals surface area contributed by atoms with E-state index < -0.39 is 0 Å². The number of aromatic nitrogens is 3. The predicted molar refractivity (Wildman–Crippen MR) is 106 cm³/mol. The summed E-state index contributed by atoms with van der Waals surface area (Å²) in [6.07, 6.45) is 2.31. The minimum absolute atomic E-state index is 0.120. The van der Waals surface area contributed by atoms with Crippen LogP contribution in [0, 0.1) is 0 Å². The first-order valence-corrected chi connectivity index (χ1v) is 8.97. The Kier molecular flexibility index (Phi) is 4.64. The molecule has 0 atom stereocenters. The van der Waals surface area contributed by atoms with Crippen LogP contribution in [0.4, 0.5) is 0 Å². The predicted octanol–water partition coefficient (Wildman–Crippen LogP) is 2.89. The lowest BCUT2D eigenvalue weighted by Gasteiger charge is -2.07. The van der Waals surface area contributed by atoms with Crippen LogP contribution in [-0.2, 0) is 17.8 Å². The zero-order valence-corrected chi connectivity index (χ0v) is 15.2. The Morgan fingerprint density at radius 1 is 1.11 bits per heavy atom. The first-order chi connectivity index (χ1) is 13.1. The van der Waals surface area contributed by atoms with Crippen LogP contribution in [0.5, 0.6) is 0 Å². The second-order valence-electron chi connectivity index (χ2n) is 6.29. The highest BCUT2D eigenvalue weighted by atomic mass is 35.5. The van der Waals surface area contributed by atoms with Gasteiger partial charge in [-0.2, -0.15) is 5.10 Å². The topological polar surface area (TPSA) is 79.8 Å². The Morgan fingerprint density at radius 3 is 2.70 bits per heavy atom. The number of hydrogen-bond donors (Lipinski definition) is 2. The Bertz CT molecular complexity index is 1180. The molecule has 2 aromatic carbocycles. The van der Waals surface area contributed by atoms with Crippen LogP contribution < -0.4 is 10.9 Å². The van der Waals surface area contributed by atoms with Gasteiger partial charge in [-0.3, -0.25) is 9.59 Å². The van der Waals surface area contributed by atoms with Crippen molar-refractivity contribution >= 4 is 39.3 Å². The van der Waals surface area contributed by atoms with Crippen LogP contribution in [0.1, 0.15) is 5.56 Å². The highest BCUT2D eigenvalue weighted by Gasteiger charge is 2.12. The lowest BCUT2D eigenvalue weighted by atomic mass is 10.1. The molecule has 0 unspecified atom stereocenters. The average Bonchev–Trinajstić information content (AvgIpc) is 3.05. The molecule has 0 saturated carbocycles. The highest BCUT2D eigenvalue weighted by Crippen LogP contribution is 2.21. The monoisotopic (exact) mass is 380 g/mol. The summed E-state index contributed by atoms with van der Waals surface area (Å²) in [6.45, 7) is 0.356. The van der Waals surface area contributed by atoms with Gasteiger partial charge in [0.1, 0.15) is 12.1 Å². The number of benzene rings is 2. The molecule has 0 saturated heterocycles. The van der Waals surface area contributed by atoms with Gasteiger partial charge in [0.05, 0.1) is 6.20 Å². The van der Waals surface area contributed by atoms with Crippen LogP contribution in [0.3, 0.4) is 0 Å². The quantitative estimate of drug-likeness (QED) is 0.558. The SMILES string of the molecule is O=C(Cn1ncc2c([nH]c3ccccc32)c1=O)NCCc1ccc(Cl)cc1. The van der Waals surface area contributed by atoms with E-state index in [-0.39, 0.29) is 18.0 Å². The van der Waals surface area contributed by atoms with Gasteiger partial charge in [-0.15, -0.1) is 0 Å². The molecular weight excluding hydrogens is 364 g/mol. The molecule has 7 heteroatoms. The lowest BCUT2D eigenvalue weighted by molar-refractivity contribution is -0.121. The highest BCUT2D eigenvalue weighted by molar-refractivity contribution is 6.30. The minimum Gasteiger partial charge on any atom is -0.354 e. The third-order valence-corrected chi connectivity index (χ3v) is 4.72. The molecule has 0 aliphatic heterocycles. The molecule has 0 spiro atoms. The molecule has 0 aliphatic rings. The standard InChI is InChI=1S/C20H17ClN4O2/c21-14-7-5-13(6-8-14)9-10-22-18(26)12-25-20(27)19-16(11-23-25)15-3-1-2-4-17(15)24-19/h1-8,11,24H,9-10,12H2,(H,22,26). The molecular formula is C20H17ClN4O2. The molecule has 4 aromatic rings. The first-order valence-electron chi connectivity index (χ1n) is 8.59. The average molecular weight is 381 g/mol. The molecule has 136 valence electrons. The van der Waals surface area contributed by atoms with E-state index in [1.807, 2.05) is 48.5 Å². The fourth-order valence-corrected chi connectivity index (χ4v) is 3.20. The van der Waals surface area contributed by atoms with Gasteiger partial charge in [-0.25, -0.2) is 4.68 Å². The number of fused-ring (bicyclic) bond motifs is 3. The van der Waals surface area contributed by atoms with Crippen LogP contribution in [0.15, 0.2) is 59.5 Å². The van der Waals surface area contributed by atoms with Gasteiger partial charge < -0.3 is 10.3 Å². The number of nitrogens with zero attached hydrogens (tertiary/aromatic N) is 2. The van der Waals surface area contributed by atoms with Crippen molar-refractivity contribution in [2.24, 2.45) is 0 Å². The summed E-state index contributed by atoms with van der Waals surface area (Å²) in [4.78, 5) is 27.9. The maximum atomic E-state index is 12.6. The summed E-state index contributed by atoms with van der Waals surface area (Å²) in [5, 5.41) is 9.35. The third kappa shape index (κ3) is 3.57. The zero-order valence-electron chi connectivity index (χ0n) is 14.4. The van der Waals surface area contributed by atoms with E-state index in [9.17, 15) is 9.59 Å². The molecule has 2 aromatic heterocycles. The van der Waals surface area contributed by atoms with E-state index >= 15 is 0 Å². The Balaban J connectivity index is 1.45. The van der Waals surface area contributed by atoms with Gasteiger partial charge in [0.15, 0.2) is 0 Å². The van der Waals surface area contributed by atoms with Crippen LogP contribution in [0.25, 0.3) is 21.8 Å². The summed E-state index contributed by atoms with van der Waals surface area (Å²) in [7, 11) is 0. The number of carbonyl (C=O) groups excluding carboxylic acids is 1. The maximum absolute atomic E-state index is 12.6. The van der Waals surface area contributed by atoms with Crippen LogP contribution in [-0.4, -0.2) is 27.2 Å². The fourth-order valence-electron chi connectivity index (χ4n) is 3.08. The van der Waals surface area contributed by atoms with E-state index in [4.69, 9.17) is 11.6 Å². The van der Waals surface area contributed by atoms with Crippen molar-refractivity contribution < 1.29 is 4.79 Å². The Hall–Kier alpha value is -3.12. The number of amides is 1. The Labute approximate surface area is 159 Å². The number of para-hydroxylation sites is 1. The number of H-pyrrole nitrogens is 1. The van der Waals surface area contributed by atoms with E-state index in [0.29, 0.717) is 23.5 Å². The molecule has 6 nitrogen and oxygen atoms in total. The summed E-state index contributed by atoms with van der Waals surface area (Å²) in [5.41, 5.74) is 2.10. The van der Waals surface area contributed by atoms with Crippen LogP contribution >= 0.6 is 11.6 Å². The molecule has 2 heterocycles. The molecule has 27 heavy (non-hydrogen) atoms. The van der Waals surface area contributed by atoms with Gasteiger partial charge in [0.25, 0.3) is 5.56 Å². The molecule has 1 amide bonds. The van der Waals surface area contributed by atoms with Crippen molar-refractivity contribution in [3.05, 3.63) is 75.7 Å². The molecule has 0 aliphatic carbocycles. The summed E-state index contributed by atoms with van der Waals surface area (Å²) >= 11 is 5.86. The van der Waals surface area contributed by atoms with Crippen LogP contribution in [0.2, 0.25) is 5.02 Å². The van der Waals surface area contributed by atoms with E-state index in [2.05, 4.69) is 15.4 Å². The van der Waals surface area contributed by atoms with Crippen molar-refractivity contribution in [2.45, 2.75) is 13.0 Å². The molecule has 4 rings (SSSR count). The Morgan fingerprint density at radius 2 is 1.89 bits per heavy atom. The van der Waals surface area contributed by atoms with Gasteiger partial charge >= 0.3 is 0 Å². The van der Waals surface area contributed by atoms with Crippen molar-refractivity contribution in [3.63, 3.8) is 0 Å². The molecule has 0 radical (unpaired) electrons. The maximum Gasteiger partial charge on any atom is 0.291 e. The van der Waals surface area contributed by atoms with E-state index in [1.165, 1.54) is 4.68 Å². The van der Waals surface area contributed by atoms with E-state index in [1.54, 1.807) is 6.20 Å². The molecule has 2 N–H and O–H groups in total. The van der Waals surface area contributed by atoms with Crippen molar-refractivity contribution in [1.82, 2.24) is 20.1 Å². The van der Waals surface area contributed by atoms with Crippen molar-refractivity contribution in [3.8, 4) is 0 Å². The van der Waals surface area contributed by atoms with Gasteiger partial charge in [0, 0.05) is 27.9 Å². The van der Waals surface area contributed by atoms with Gasteiger partial charge in [-0.05, 0) is 30.2 Å². The second-order valence-corrected chi connectivity index (χ2v) is 6.73. The van der Waals surface area contributed by atoms with Crippen molar-refractivity contribution in [1.29, 1.82) is 0 Å². The number of aromatic amines is 1. The summed E-state index contributed by atoms with van der Waals surface area (Å²) in [6, 6.07) is 15.1. The minimum atomic E-state index is -0.309. The lowest BCUT2D eigenvalue weighted by Crippen LogP contribution is -2.34. The number of halogens is 1. The van der Waals surface area contributed by atoms with Crippen molar-refractivity contribution in [2.75, 3.05) is 6.54 Å². The number of carbonyl (C=O) groups is 1. The zero-order chi connectivity index (χ0) is 18.8. The normalized spacial score (nSPS) is 11.1. The smallest absolute Gasteiger partial charge is 0.291 e. The summed E-state index contributed by atoms with van der Waals surface area (Å²) < 4.78 is 1.18. The molecule has 0 bridgehead atoms. The third-order valence-electron chi connectivity index (χ3n) is 4.46. The second kappa shape index (κ2) is 7.25. The van der Waals surface area contributed by atoms with Gasteiger partial charge in [0.2, 0.25) is 5.91 Å². The molecule has 0 fully saturated rings. The first kappa shape index (κ1) is 17.3. The number of nitrogens with one attached hydrogen (secondary N) is 2. The summed E-state index contributed by atoms with van der Waals surface area (Å²) in [5.74, 6) is -0.256. The fraction of sp³-hybridized carbons (Fsp3) is 0.150. The largest absolute Gasteiger partial charge is 0.354 e. The number of rotatable bonds is 5.